The van der Waals surface area contributed by atoms with Gasteiger partial charge in [0.1, 0.15) is 0 Å². The number of carbonyl (C=O) groups excluding carboxylic acids is 1. The van der Waals surface area contributed by atoms with Crippen LogP contribution in [0.5, 0.6) is 0 Å². The van der Waals surface area contributed by atoms with Crippen LogP contribution in [-0.4, -0.2) is 29.7 Å². The number of hydrogen-bond donors (Lipinski definition) is 1. The Morgan fingerprint density at radius 2 is 1.80 bits per heavy atom. The molecule has 0 saturated heterocycles. The molecular formula is C6H15NO2S. The average molecular weight is 165 g/mol. The van der Waals surface area contributed by atoms with Gasteiger partial charge in [0.05, 0.1) is 0 Å². The zero-order chi connectivity index (χ0) is 8.57. The fourth-order valence-electron chi connectivity index (χ4n) is 0.177. The van der Waals surface area contributed by atoms with Gasteiger partial charge in [-0.2, -0.15) is 0 Å². The van der Waals surface area contributed by atoms with E-state index in [1.807, 2.05) is 6.92 Å². The number of nitrogens with one attached hydrogen (secondary N) is 1. The summed E-state index contributed by atoms with van der Waals surface area (Å²) in [5.41, 5.74) is 0. The van der Waals surface area contributed by atoms with Crippen molar-refractivity contribution in [3.63, 3.8) is 0 Å². The minimum absolute atomic E-state index is 0.0926. The zero-order valence-electron chi connectivity index (χ0n) is 6.93. The van der Waals surface area contributed by atoms with Crippen molar-refractivity contribution in [2.75, 3.05) is 19.6 Å². The number of amides is 1. The Morgan fingerprint density at radius 1 is 1.50 bits per heavy atom. The maximum absolute atomic E-state index is 10.1. The van der Waals surface area contributed by atoms with Gasteiger partial charge in [-0.25, -0.2) is 0 Å². The van der Waals surface area contributed by atoms with Crippen LogP contribution in [0.2, 0.25) is 0 Å². The third kappa shape index (κ3) is 25.5. The third-order valence-corrected chi connectivity index (χ3v) is 0.600. The molecule has 0 aromatic carbocycles. The van der Waals surface area contributed by atoms with Gasteiger partial charge < -0.3 is 5.32 Å². The van der Waals surface area contributed by atoms with Gasteiger partial charge in [0.2, 0.25) is 5.91 Å². The molecule has 0 aliphatic rings. The molecule has 0 saturated carbocycles. The molecule has 0 heterocycles. The van der Waals surface area contributed by atoms with Crippen LogP contribution in [0.3, 0.4) is 0 Å². The van der Waals surface area contributed by atoms with E-state index in [-0.39, 0.29) is 5.91 Å². The van der Waals surface area contributed by atoms with Gasteiger partial charge in [0, 0.05) is 36.8 Å². The second-order valence-corrected chi connectivity index (χ2v) is 3.25. The molecule has 0 aromatic rings. The van der Waals surface area contributed by atoms with E-state index < -0.39 is 10.8 Å². The van der Waals surface area contributed by atoms with Crippen molar-refractivity contribution < 1.29 is 9.00 Å². The molecule has 1 N–H and O–H groups in total. The Bertz CT molecular complexity index is 104. The summed E-state index contributed by atoms with van der Waals surface area (Å²) >= 11 is 0. The Kier molecular flexibility index (Phi) is 10.6. The van der Waals surface area contributed by atoms with Crippen molar-refractivity contribution in [2.45, 2.75) is 13.3 Å². The molecule has 62 valence electrons. The zero-order valence-corrected chi connectivity index (χ0v) is 7.75. The molecule has 3 nitrogen and oxygen atoms in total. The van der Waals surface area contributed by atoms with Crippen LogP contribution >= 0.6 is 0 Å². The molecule has 1 amide bonds. The average Bonchev–Trinajstić information content (AvgIpc) is 1.85. The molecule has 0 fully saturated rings. The van der Waals surface area contributed by atoms with Crippen molar-refractivity contribution in [1.29, 1.82) is 0 Å². The minimum Gasteiger partial charge on any atom is -0.359 e. The van der Waals surface area contributed by atoms with Gasteiger partial charge in [0.25, 0.3) is 0 Å². The van der Waals surface area contributed by atoms with E-state index in [9.17, 15) is 9.00 Å². The lowest BCUT2D eigenvalue weighted by molar-refractivity contribution is -0.120. The highest BCUT2D eigenvalue weighted by atomic mass is 32.2. The Morgan fingerprint density at radius 3 is 1.80 bits per heavy atom. The Balaban J connectivity index is 0. The molecule has 0 spiro atoms. The van der Waals surface area contributed by atoms with Crippen molar-refractivity contribution in [3.05, 3.63) is 0 Å². The molecule has 10 heavy (non-hydrogen) atoms. The van der Waals surface area contributed by atoms with Crippen LogP contribution in [0.15, 0.2) is 0 Å². The van der Waals surface area contributed by atoms with Crippen LogP contribution in [0.1, 0.15) is 13.3 Å². The van der Waals surface area contributed by atoms with Crippen LogP contribution in [0.25, 0.3) is 0 Å². The molecule has 0 bridgehead atoms. The standard InChI is InChI=1S/C4H9NO.C2H6OS/c1-3-4(6)5-2;1-4(2)3/h3H2,1-2H3,(H,5,6);1-2H3. The minimum atomic E-state index is -0.611. The van der Waals surface area contributed by atoms with Crippen LogP contribution in [0, 0.1) is 0 Å². The predicted octanol–water partition coefficient (Wildman–Crippen LogP) is 0.137. The van der Waals surface area contributed by atoms with E-state index in [1.165, 1.54) is 0 Å². The molecule has 0 radical (unpaired) electrons. The van der Waals surface area contributed by atoms with Crippen LogP contribution in [-0.2, 0) is 15.6 Å². The maximum Gasteiger partial charge on any atom is 0.219 e. The number of hydrogen-bond acceptors (Lipinski definition) is 2. The summed E-state index contributed by atoms with van der Waals surface area (Å²) in [4.78, 5) is 10.1. The summed E-state index contributed by atoms with van der Waals surface area (Å²) in [5.74, 6) is 0.0926. The first-order chi connectivity index (χ1) is 4.54. The summed E-state index contributed by atoms with van der Waals surface area (Å²) < 4.78 is 9.56. The molecule has 0 rings (SSSR count). The Hall–Kier alpha value is -0.380. The van der Waals surface area contributed by atoms with Gasteiger partial charge >= 0.3 is 0 Å². The summed E-state index contributed by atoms with van der Waals surface area (Å²) in [6.45, 7) is 1.82. The lowest BCUT2D eigenvalue weighted by atomic mass is 10.5. The third-order valence-electron chi connectivity index (χ3n) is 0.600. The van der Waals surface area contributed by atoms with Gasteiger partial charge in [-0.1, -0.05) is 6.92 Å². The van der Waals surface area contributed by atoms with Crippen molar-refractivity contribution >= 4 is 16.7 Å². The van der Waals surface area contributed by atoms with Crippen molar-refractivity contribution in [3.8, 4) is 0 Å². The fourth-order valence-corrected chi connectivity index (χ4v) is 0.177. The molecule has 0 aliphatic heterocycles. The lowest BCUT2D eigenvalue weighted by Gasteiger charge is -1.87. The summed E-state index contributed by atoms with van der Waals surface area (Å²) in [7, 11) is 1.02. The van der Waals surface area contributed by atoms with Crippen molar-refractivity contribution in [1.82, 2.24) is 5.32 Å². The molecule has 0 aliphatic carbocycles. The number of rotatable bonds is 1. The van der Waals surface area contributed by atoms with E-state index >= 15 is 0 Å². The molecule has 0 unspecified atom stereocenters. The summed E-state index contributed by atoms with van der Waals surface area (Å²) in [6, 6.07) is 0. The highest BCUT2D eigenvalue weighted by Gasteiger charge is 1.84. The first-order valence-corrected chi connectivity index (χ1v) is 4.96. The highest BCUT2D eigenvalue weighted by Crippen LogP contribution is 1.68. The van der Waals surface area contributed by atoms with Crippen molar-refractivity contribution in [2.24, 2.45) is 0 Å². The van der Waals surface area contributed by atoms with Gasteiger partial charge in [0.15, 0.2) is 0 Å². The molecule has 0 atom stereocenters. The largest absolute Gasteiger partial charge is 0.359 e. The first-order valence-electron chi connectivity index (χ1n) is 3.00. The molecule has 0 aromatic heterocycles. The second-order valence-electron chi connectivity index (χ2n) is 1.77. The van der Waals surface area contributed by atoms with Crippen LogP contribution < -0.4 is 5.32 Å². The molecular weight excluding hydrogens is 150 g/mol. The first kappa shape index (κ1) is 12.3. The lowest BCUT2D eigenvalue weighted by Crippen LogP contribution is -2.15. The summed E-state index contributed by atoms with van der Waals surface area (Å²) in [5, 5.41) is 2.48. The smallest absolute Gasteiger partial charge is 0.219 e. The van der Waals surface area contributed by atoms with Crippen LogP contribution in [0.4, 0.5) is 0 Å². The highest BCUT2D eigenvalue weighted by molar-refractivity contribution is 7.83. The summed E-state index contributed by atoms with van der Waals surface area (Å²) in [6.07, 6.45) is 3.86. The predicted molar refractivity (Wildman–Crippen MR) is 44.3 cm³/mol. The van der Waals surface area contributed by atoms with Gasteiger partial charge in [-0.05, 0) is 0 Å². The SMILES string of the molecule is CCC(=O)NC.CS(C)=O. The monoisotopic (exact) mass is 165 g/mol. The second kappa shape index (κ2) is 8.62. The van der Waals surface area contributed by atoms with E-state index in [4.69, 9.17) is 0 Å². The van der Waals surface area contributed by atoms with E-state index in [1.54, 1.807) is 19.6 Å². The number of carbonyl (C=O) groups is 1. The van der Waals surface area contributed by atoms with E-state index in [2.05, 4.69) is 5.32 Å². The van der Waals surface area contributed by atoms with Gasteiger partial charge in [-0.15, -0.1) is 0 Å². The normalized spacial score (nSPS) is 8.10. The fraction of sp³-hybridized carbons (Fsp3) is 0.833. The van der Waals surface area contributed by atoms with Gasteiger partial charge in [-0.3, -0.25) is 9.00 Å². The Labute approximate surface area is 64.7 Å². The quantitative estimate of drug-likeness (QED) is 0.600. The topological polar surface area (TPSA) is 46.2 Å². The van der Waals surface area contributed by atoms with E-state index in [0.29, 0.717) is 6.42 Å². The van der Waals surface area contributed by atoms with E-state index in [0.717, 1.165) is 0 Å². The maximum atomic E-state index is 10.1. The molecule has 4 heteroatoms.